The summed E-state index contributed by atoms with van der Waals surface area (Å²) >= 11 is 5.69. The molecule has 0 bridgehead atoms. The van der Waals surface area contributed by atoms with Crippen LogP contribution in [0, 0.1) is 5.92 Å². The lowest BCUT2D eigenvalue weighted by Gasteiger charge is -2.21. The summed E-state index contributed by atoms with van der Waals surface area (Å²) in [7, 11) is 0. The van der Waals surface area contributed by atoms with Gasteiger partial charge in [0, 0.05) is 12.2 Å². The van der Waals surface area contributed by atoms with Gasteiger partial charge < -0.3 is 5.32 Å². The van der Waals surface area contributed by atoms with E-state index in [9.17, 15) is 0 Å². The van der Waals surface area contributed by atoms with Gasteiger partial charge in [-0.05, 0) is 30.0 Å². The van der Waals surface area contributed by atoms with Gasteiger partial charge in [-0.1, -0.05) is 20.8 Å². The molecule has 0 spiro atoms. The maximum absolute atomic E-state index is 5.69. The highest BCUT2D eigenvalue weighted by molar-refractivity contribution is 6.28. The Labute approximate surface area is 89.9 Å². The van der Waals surface area contributed by atoms with Crippen LogP contribution < -0.4 is 5.32 Å². The van der Waals surface area contributed by atoms with Crippen molar-refractivity contribution in [3.8, 4) is 0 Å². The Morgan fingerprint density at radius 2 is 2.21 bits per heavy atom. The van der Waals surface area contributed by atoms with Crippen molar-refractivity contribution < 1.29 is 0 Å². The van der Waals surface area contributed by atoms with E-state index in [2.05, 4.69) is 36.1 Å². The molecule has 1 N–H and O–H groups in total. The molecule has 0 fully saturated rings. The van der Waals surface area contributed by atoms with Crippen LogP contribution in [-0.2, 0) is 0 Å². The van der Waals surface area contributed by atoms with Gasteiger partial charge in [0.05, 0.1) is 0 Å². The van der Waals surface area contributed by atoms with E-state index in [-0.39, 0.29) is 5.28 Å². The average Bonchev–Trinajstić information content (AvgIpc) is 2.14. The second kappa shape index (κ2) is 5.15. The van der Waals surface area contributed by atoms with Gasteiger partial charge in [0.15, 0.2) is 0 Å². The van der Waals surface area contributed by atoms with Crippen LogP contribution in [0.3, 0.4) is 0 Å². The van der Waals surface area contributed by atoms with Gasteiger partial charge in [-0.15, -0.1) is 0 Å². The summed E-state index contributed by atoms with van der Waals surface area (Å²) < 4.78 is 0. The molecule has 0 aromatic carbocycles. The Balaban J connectivity index is 2.67. The normalized spacial score (nSPS) is 12.9. The molecular weight excluding hydrogens is 198 g/mol. The van der Waals surface area contributed by atoms with Gasteiger partial charge in [0.2, 0.25) is 5.28 Å². The van der Waals surface area contributed by atoms with E-state index in [1.807, 2.05) is 6.07 Å². The minimum absolute atomic E-state index is 0.286. The van der Waals surface area contributed by atoms with Crippen LogP contribution in [0.25, 0.3) is 0 Å². The quantitative estimate of drug-likeness (QED) is 0.782. The molecule has 3 nitrogen and oxygen atoms in total. The summed E-state index contributed by atoms with van der Waals surface area (Å²) in [5, 5.41) is 3.62. The first-order chi connectivity index (χ1) is 6.63. The summed E-state index contributed by atoms with van der Waals surface area (Å²) in [6, 6.07) is 2.26. The number of aromatic nitrogens is 2. The van der Waals surface area contributed by atoms with Crippen molar-refractivity contribution in [1.29, 1.82) is 0 Å². The van der Waals surface area contributed by atoms with Crippen LogP contribution in [0.1, 0.15) is 27.2 Å². The zero-order valence-corrected chi connectivity index (χ0v) is 9.54. The van der Waals surface area contributed by atoms with Gasteiger partial charge in [-0.25, -0.2) is 9.97 Å². The molecule has 1 atom stereocenters. The van der Waals surface area contributed by atoms with E-state index in [1.165, 1.54) is 0 Å². The van der Waals surface area contributed by atoms with E-state index >= 15 is 0 Å². The fourth-order valence-electron chi connectivity index (χ4n) is 1.35. The first kappa shape index (κ1) is 11.2. The largest absolute Gasteiger partial charge is 0.367 e. The molecule has 78 valence electrons. The standard InChI is InChI=1S/C10H16ClN3/c1-4-8(7(2)3)13-9-5-6-12-10(11)14-9/h5-8H,4H2,1-3H3,(H,12,13,14). The molecule has 0 aliphatic heterocycles. The molecule has 0 aliphatic rings. The Morgan fingerprint density at radius 3 is 2.71 bits per heavy atom. The molecule has 4 heteroatoms. The summed E-state index contributed by atoms with van der Waals surface area (Å²) in [5.41, 5.74) is 0. The van der Waals surface area contributed by atoms with Crippen molar-refractivity contribution in [3.05, 3.63) is 17.5 Å². The number of hydrogen-bond donors (Lipinski definition) is 1. The first-order valence-corrected chi connectivity index (χ1v) is 5.26. The van der Waals surface area contributed by atoms with Crippen molar-refractivity contribution >= 4 is 17.4 Å². The van der Waals surface area contributed by atoms with Crippen molar-refractivity contribution in [1.82, 2.24) is 9.97 Å². The lowest BCUT2D eigenvalue weighted by Crippen LogP contribution is -2.25. The number of rotatable bonds is 4. The third-order valence-electron chi connectivity index (χ3n) is 2.20. The minimum atomic E-state index is 0.286. The number of nitrogens with one attached hydrogen (secondary N) is 1. The fourth-order valence-corrected chi connectivity index (χ4v) is 1.49. The molecule has 0 saturated heterocycles. The van der Waals surface area contributed by atoms with Crippen LogP contribution in [0.4, 0.5) is 5.82 Å². The SMILES string of the molecule is CCC(Nc1ccnc(Cl)n1)C(C)C. The second-order valence-corrected chi connectivity index (χ2v) is 3.95. The first-order valence-electron chi connectivity index (χ1n) is 4.88. The fraction of sp³-hybridized carbons (Fsp3) is 0.600. The van der Waals surface area contributed by atoms with Gasteiger partial charge >= 0.3 is 0 Å². The summed E-state index contributed by atoms with van der Waals surface area (Å²) in [6.45, 7) is 6.52. The topological polar surface area (TPSA) is 37.8 Å². The summed E-state index contributed by atoms with van der Waals surface area (Å²) in [4.78, 5) is 7.92. The molecular formula is C10H16ClN3. The Hall–Kier alpha value is -0.830. The molecule has 1 heterocycles. The van der Waals surface area contributed by atoms with Crippen LogP contribution in [0.15, 0.2) is 12.3 Å². The van der Waals surface area contributed by atoms with Crippen LogP contribution in [-0.4, -0.2) is 16.0 Å². The molecule has 0 saturated carbocycles. The van der Waals surface area contributed by atoms with E-state index in [0.29, 0.717) is 12.0 Å². The average molecular weight is 214 g/mol. The zero-order chi connectivity index (χ0) is 10.6. The summed E-state index contributed by atoms with van der Waals surface area (Å²) in [5.74, 6) is 1.37. The summed E-state index contributed by atoms with van der Waals surface area (Å²) in [6.07, 6.45) is 2.73. The monoisotopic (exact) mass is 213 g/mol. The highest BCUT2D eigenvalue weighted by Gasteiger charge is 2.10. The van der Waals surface area contributed by atoms with Crippen molar-refractivity contribution in [2.75, 3.05) is 5.32 Å². The van der Waals surface area contributed by atoms with Crippen LogP contribution in [0.2, 0.25) is 5.28 Å². The predicted molar refractivity (Wildman–Crippen MR) is 59.6 cm³/mol. The Morgan fingerprint density at radius 1 is 1.50 bits per heavy atom. The van der Waals surface area contributed by atoms with E-state index in [0.717, 1.165) is 12.2 Å². The van der Waals surface area contributed by atoms with Crippen LogP contribution in [0.5, 0.6) is 0 Å². The minimum Gasteiger partial charge on any atom is -0.367 e. The molecule has 1 aromatic rings. The molecule has 0 amide bonds. The third kappa shape index (κ3) is 3.14. The highest BCUT2D eigenvalue weighted by atomic mass is 35.5. The predicted octanol–water partition coefficient (Wildman–Crippen LogP) is 2.98. The third-order valence-corrected chi connectivity index (χ3v) is 2.39. The van der Waals surface area contributed by atoms with Gasteiger partial charge in [-0.3, -0.25) is 0 Å². The molecule has 14 heavy (non-hydrogen) atoms. The van der Waals surface area contributed by atoms with E-state index < -0.39 is 0 Å². The molecule has 1 unspecified atom stereocenters. The van der Waals surface area contributed by atoms with E-state index in [4.69, 9.17) is 11.6 Å². The second-order valence-electron chi connectivity index (χ2n) is 3.61. The molecule has 0 aliphatic carbocycles. The number of nitrogens with zero attached hydrogens (tertiary/aromatic N) is 2. The number of anilines is 1. The Kier molecular flexibility index (Phi) is 4.14. The molecule has 0 radical (unpaired) electrons. The van der Waals surface area contributed by atoms with E-state index in [1.54, 1.807) is 6.20 Å². The van der Waals surface area contributed by atoms with Crippen LogP contribution >= 0.6 is 11.6 Å². The van der Waals surface area contributed by atoms with Crippen molar-refractivity contribution in [2.45, 2.75) is 33.2 Å². The lowest BCUT2D eigenvalue weighted by atomic mass is 10.0. The molecule has 1 rings (SSSR count). The maximum Gasteiger partial charge on any atom is 0.224 e. The maximum atomic E-state index is 5.69. The van der Waals surface area contributed by atoms with Gasteiger partial charge in [0.25, 0.3) is 0 Å². The lowest BCUT2D eigenvalue weighted by molar-refractivity contribution is 0.509. The highest BCUT2D eigenvalue weighted by Crippen LogP contribution is 2.13. The zero-order valence-electron chi connectivity index (χ0n) is 8.79. The smallest absolute Gasteiger partial charge is 0.224 e. The van der Waals surface area contributed by atoms with Gasteiger partial charge in [-0.2, -0.15) is 0 Å². The van der Waals surface area contributed by atoms with Gasteiger partial charge in [0.1, 0.15) is 5.82 Å². The Bertz CT molecular complexity index is 288. The van der Waals surface area contributed by atoms with Crippen molar-refractivity contribution in [3.63, 3.8) is 0 Å². The van der Waals surface area contributed by atoms with Crippen molar-refractivity contribution in [2.24, 2.45) is 5.92 Å². The molecule has 1 aromatic heterocycles. The number of hydrogen-bond acceptors (Lipinski definition) is 3. The number of halogens is 1.